The topological polar surface area (TPSA) is 75.6 Å². The van der Waals surface area contributed by atoms with Gasteiger partial charge in [-0.05, 0) is 111 Å². The molecule has 1 aliphatic carbocycles. The maximum absolute atomic E-state index is 16.3. The summed E-state index contributed by atoms with van der Waals surface area (Å²) in [6.45, 7) is 6.22. The number of methoxy groups -OCH3 is 1. The molecule has 246 valence electrons. The Balaban J connectivity index is 1.02. The number of hydrogen-bond donors (Lipinski definition) is 1. The first kappa shape index (κ1) is 30.7. The van der Waals surface area contributed by atoms with Gasteiger partial charge in [-0.3, -0.25) is 14.8 Å². The summed E-state index contributed by atoms with van der Waals surface area (Å²) in [6.07, 6.45) is 10.1. The minimum absolute atomic E-state index is 0.174. The van der Waals surface area contributed by atoms with Gasteiger partial charge in [0, 0.05) is 48.1 Å². The van der Waals surface area contributed by atoms with Crippen LogP contribution in [-0.2, 0) is 19.5 Å². The molecule has 0 unspecified atom stereocenters. The lowest BCUT2D eigenvalue weighted by Crippen LogP contribution is -2.19. The van der Waals surface area contributed by atoms with Crippen molar-refractivity contribution in [1.29, 1.82) is 0 Å². The second-order valence-electron chi connectivity index (χ2n) is 13.2. The minimum Gasteiger partial charge on any atom is -0.481 e. The summed E-state index contributed by atoms with van der Waals surface area (Å²) < 4.78 is 28.4. The van der Waals surface area contributed by atoms with E-state index in [1.165, 1.54) is 31.2 Å². The van der Waals surface area contributed by atoms with E-state index in [1.54, 1.807) is 19.4 Å². The van der Waals surface area contributed by atoms with Crippen LogP contribution in [0.3, 0.4) is 0 Å². The molecule has 0 amide bonds. The molecule has 2 saturated heterocycles. The average molecular weight is 645 g/mol. The normalized spacial score (nSPS) is 18.0. The first-order chi connectivity index (χ1) is 23.6. The Bertz CT molecular complexity index is 1940. The number of ether oxygens (including phenoxy) is 2. The van der Waals surface area contributed by atoms with Gasteiger partial charge < -0.3 is 14.8 Å². The predicted molar refractivity (Wildman–Crippen MR) is 186 cm³/mol. The number of hydrogen-bond acceptors (Lipinski definition) is 8. The highest BCUT2D eigenvalue weighted by Gasteiger charge is 2.28. The molecule has 1 atom stereocenters. The van der Waals surface area contributed by atoms with Gasteiger partial charge in [-0.15, -0.1) is 0 Å². The summed E-state index contributed by atoms with van der Waals surface area (Å²) in [4.78, 5) is 18.9. The molecule has 8 rings (SSSR count). The van der Waals surface area contributed by atoms with Crippen LogP contribution in [0.1, 0.15) is 60.5 Å². The van der Waals surface area contributed by atoms with Crippen molar-refractivity contribution in [2.75, 3.05) is 38.6 Å². The summed E-state index contributed by atoms with van der Waals surface area (Å²) >= 11 is 0. The van der Waals surface area contributed by atoms with Gasteiger partial charge in [0.1, 0.15) is 11.6 Å². The quantitative estimate of drug-likeness (QED) is 0.165. The third kappa shape index (κ3) is 6.20. The van der Waals surface area contributed by atoms with Crippen LogP contribution >= 0.6 is 0 Å². The summed E-state index contributed by atoms with van der Waals surface area (Å²) in [5.41, 5.74) is 6.93. The molecular weight excluding hydrogens is 603 g/mol. The maximum atomic E-state index is 16.3. The Hall–Kier alpha value is -4.60. The molecule has 2 aliphatic heterocycles. The van der Waals surface area contributed by atoms with Crippen molar-refractivity contribution in [1.82, 2.24) is 24.8 Å². The largest absolute Gasteiger partial charge is 0.481 e. The Morgan fingerprint density at radius 1 is 0.875 bits per heavy atom. The molecule has 3 aliphatic rings. The van der Waals surface area contributed by atoms with Gasteiger partial charge in [0.15, 0.2) is 11.6 Å². The summed E-state index contributed by atoms with van der Waals surface area (Å²) in [5.74, 6) is 1.37. The predicted octanol–water partition coefficient (Wildman–Crippen LogP) is 7.84. The fourth-order valence-electron chi connectivity index (χ4n) is 7.58. The Kier molecular flexibility index (Phi) is 8.63. The molecule has 0 saturated carbocycles. The van der Waals surface area contributed by atoms with Gasteiger partial charge in [0.2, 0.25) is 11.8 Å². The molecule has 1 N–H and O–H groups in total. The van der Waals surface area contributed by atoms with Gasteiger partial charge in [-0.1, -0.05) is 30.3 Å². The number of anilines is 2. The van der Waals surface area contributed by atoms with Crippen molar-refractivity contribution in [3.8, 4) is 22.9 Å². The SMILES string of the molecule is COc1nc(O[C@@H]2CCc3c(-c4cccc(Nc5nccc6cc(CN7CCCC7)cnc56)c4F)cccc32)ccc1CN1CCCC1. The van der Waals surface area contributed by atoms with Crippen LogP contribution in [0.4, 0.5) is 15.9 Å². The van der Waals surface area contributed by atoms with E-state index in [9.17, 15) is 0 Å². The van der Waals surface area contributed by atoms with E-state index in [4.69, 9.17) is 19.4 Å². The van der Waals surface area contributed by atoms with Crippen LogP contribution in [0, 0.1) is 5.82 Å². The molecule has 0 bridgehead atoms. The van der Waals surface area contributed by atoms with Crippen molar-refractivity contribution in [2.24, 2.45) is 0 Å². The first-order valence-corrected chi connectivity index (χ1v) is 17.2. The first-order valence-electron chi connectivity index (χ1n) is 17.2. The fourth-order valence-corrected chi connectivity index (χ4v) is 7.58. The van der Waals surface area contributed by atoms with E-state index >= 15 is 4.39 Å². The standard InChI is InChI=1S/C39H41FN6O2/c1-47-39-28(25-46-20-4-5-21-46)12-15-35(44-39)48-34-14-13-30-29(8-6-9-31(30)34)32-10-7-11-33(36(32)40)43-38-37-27(16-17-41-38)22-26(23-42-37)24-45-18-2-3-19-45/h6-12,15-17,22-23,34H,2-5,13-14,18-21,24-25H2,1H3,(H,41,43)/t34-/m1/s1. The number of likely N-dealkylation sites (tertiary alicyclic amines) is 2. The van der Waals surface area contributed by atoms with Gasteiger partial charge >= 0.3 is 0 Å². The lowest BCUT2D eigenvalue weighted by atomic mass is 9.96. The van der Waals surface area contributed by atoms with Crippen LogP contribution in [0.2, 0.25) is 0 Å². The Morgan fingerprint density at radius 3 is 2.46 bits per heavy atom. The third-order valence-corrected chi connectivity index (χ3v) is 9.98. The molecule has 48 heavy (non-hydrogen) atoms. The zero-order valence-corrected chi connectivity index (χ0v) is 27.4. The number of fused-ring (bicyclic) bond motifs is 2. The summed E-state index contributed by atoms with van der Waals surface area (Å²) in [5, 5.41) is 4.25. The number of aromatic nitrogens is 3. The maximum Gasteiger partial charge on any atom is 0.220 e. The number of pyridine rings is 3. The van der Waals surface area contributed by atoms with Crippen LogP contribution in [0.5, 0.6) is 11.8 Å². The van der Waals surface area contributed by atoms with Crippen molar-refractivity contribution < 1.29 is 13.9 Å². The lowest BCUT2D eigenvalue weighted by Gasteiger charge is -2.19. The molecular formula is C39H41FN6O2. The van der Waals surface area contributed by atoms with Gasteiger partial charge in [-0.2, -0.15) is 4.98 Å². The molecule has 9 heteroatoms. The van der Waals surface area contributed by atoms with Crippen LogP contribution in [0.15, 0.2) is 73.1 Å². The molecule has 3 aromatic heterocycles. The molecule has 5 aromatic rings. The molecule has 2 fully saturated rings. The molecule has 8 nitrogen and oxygen atoms in total. The minimum atomic E-state index is -0.320. The van der Waals surface area contributed by atoms with Crippen LogP contribution < -0.4 is 14.8 Å². The van der Waals surface area contributed by atoms with Gasteiger partial charge in [-0.25, -0.2) is 9.37 Å². The highest BCUT2D eigenvalue weighted by atomic mass is 19.1. The molecule has 0 spiro atoms. The number of nitrogens with zero attached hydrogens (tertiary/aromatic N) is 5. The van der Waals surface area contributed by atoms with Crippen molar-refractivity contribution in [3.63, 3.8) is 0 Å². The second-order valence-corrected chi connectivity index (χ2v) is 13.2. The second kappa shape index (κ2) is 13.5. The number of rotatable bonds is 10. The Morgan fingerprint density at radius 2 is 1.65 bits per heavy atom. The van der Waals surface area contributed by atoms with E-state index in [0.29, 0.717) is 28.8 Å². The lowest BCUT2D eigenvalue weighted by molar-refractivity contribution is 0.196. The molecule has 2 aromatic carbocycles. The zero-order valence-electron chi connectivity index (χ0n) is 27.4. The highest BCUT2D eigenvalue weighted by molar-refractivity contribution is 5.90. The summed E-state index contributed by atoms with van der Waals surface area (Å²) in [7, 11) is 1.66. The highest BCUT2D eigenvalue weighted by Crippen LogP contribution is 2.42. The van der Waals surface area contributed by atoms with Crippen LogP contribution in [0.25, 0.3) is 22.0 Å². The third-order valence-electron chi connectivity index (χ3n) is 9.98. The van der Waals surface area contributed by atoms with Crippen molar-refractivity contribution in [3.05, 3.63) is 101 Å². The average Bonchev–Trinajstić information content (AvgIpc) is 3.90. The monoisotopic (exact) mass is 644 g/mol. The molecule has 5 heterocycles. The Labute approximate surface area is 280 Å². The zero-order chi connectivity index (χ0) is 32.5. The van der Waals surface area contributed by atoms with E-state index in [-0.39, 0.29) is 11.9 Å². The number of halogens is 1. The smallest absolute Gasteiger partial charge is 0.220 e. The van der Waals surface area contributed by atoms with E-state index in [0.717, 1.165) is 85.3 Å². The van der Waals surface area contributed by atoms with Crippen LogP contribution in [-0.4, -0.2) is 58.0 Å². The fraction of sp³-hybridized carbons (Fsp3) is 0.359. The van der Waals surface area contributed by atoms with Gasteiger partial charge in [0.25, 0.3) is 0 Å². The van der Waals surface area contributed by atoms with E-state index in [1.807, 2.05) is 42.6 Å². The number of benzene rings is 2. The van der Waals surface area contributed by atoms with Gasteiger partial charge in [0.05, 0.1) is 12.8 Å². The number of nitrogens with one attached hydrogen (secondary N) is 1. The summed E-state index contributed by atoms with van der Waals surface area (Å²) in [6, 6.07) is 19.7. The van der Waals surface area contributed by atoms with E-state index in [2.05, 4.69) is 38.3 Å². The van der Waals surface area contributed by atoms with Crippen molar-refractivity contribution >= 4 is 22.4 Å². The van der Waals surface area contributed by atoms with Crippen molar-refractivity contribution in [2.45, 2.75) is 57.7 Å². The molecule has 0 radical (unpaired) electrons. The van der Waals surface area contributed by atoms with E-state index < -0.39 is 0 Å².